The summed E-state index contributed by atoms with van der Waals surface area (Å²) in [5.41, 5.74) is 4.12. The predicted molar refractivity (Wildman–Crippen MR) is 103 cm³/mol. The molecule has 25 heavy (non-hydrogen) atoms. The molecule has 0 aliphatic carbocycles. The Kier molecular flexibility index (Phi) is 5.53. The molecule has 4 nitrogen and oxygen atoms in total. The van der Waals surface area contributed by atoms with Gasteiger partial charge in [0.15, 0.2) is 0 Å². The Balaban J connectivity index is 1.53. The van der Waals surface area contributed by atoms with Gasteiger partial charge in [-0.05, 0) is 74.9 Å². The molecule has 0 saturated carbocycles. The maximum absolute atomic E-state index is 12.2. The van der Waals surface area contributed by atoms with E-state index >= 15 is 0 Å². The summed E-state index contributed by atoms with van der Waals surface area (Å²) < 4.78 is 0. The van der Waals surface area contributed by atoms with Gasteiger partial charge in [-0.25, -0.2) is 0 Å². The summed E-state index contributed by atoms with van der Waals surface area (Å²) in [5.74, 6) is 0.108. The minimum absolute atomic E-state index is 0.0437. The Hall–Kier alpha value is -2.14. The molecule has 2 aromatic rings. The van der Waals surface area contributed by atoms with Crippen LogP contribution in [0.15, 0.2) is 24.3 Å². The van der Waals surface area contributed by atoms with Crippen LogP contribution in [0.3, 0.4) is 0 Å². The van der Waals surface area contributed by atoms with Gasteiger partial charge in [0.25, 0.3) is 0 Å². The molecule has 1 aromatic heterocycles. The molecule has 0 unspecified atom stereocenters. The van der Waals surface area contributed by atoms with Crippen molar-refractivity contribution in [2.45, 2.75) is 52.4 Å². The standard InChI is InChI=1S/C20H24N2O2S/c1-13-11-15(14(2)25-13)5-3-7-19(23)21-17-9-10-18-16(12-17)6-4-8-20(24)22-18/h9-12H,3-8H2,1-2H3,(H,21,23)(H,22,24). The van der Waals surface area contributed by atoms with E-state index in [4.69, 9.17) is 0 Å². The molecule has 0 bridgehead atoms. The van der Waals surface area contributed by atoms with Gasteiger partial charge in [-0.3, -0.25) is 9.59 Å². The molecule has 1 aliphatic heterocycles. The quantitative estimate of drug-likeness (QED) is 0.822. The summed E-state index contributed by atoms with van der Waals surface area (Å²) in [5, 5.41) is 5.89. The van der Waals surface area contributed by atoms with Crippen LogP contribution in [0, 0.1) is 13.8 Å². The van der Waals surface area contributed by atoms with Crippen molar-refractivity contribution < 1.29 is 9.59 Å². The smallest absolute Gasteiger partial charge is 0.224 e. The number of hydrogen-bond acceptors (Lipinski definition) is 3. The SMILES string of the molecule is Cc1cc(CCCC(=O)Nc2ccc3c(c2)CCCC(=O)N3)c(C)s1. The Morgan fingerprint density at radius 2 is 2.08 bits per heavy atom. The summed E-state index contributed by atoms with van der Waals surface area (Å²) in [7, 11) is 0. The van der Waals surface area contributed by atoms with E-state index in [0.29, 0.717) is 12.8 Å². The maximum Gasteiger partial charge on any atom is 0.224 e. The van der Waals surface area contributed by atoms with Crippen LogP contribution in [0.2, 0.25) is 0 Å². The lowest BCUT2D eigenvalue weighted by molar-refractivity contribution is -0.117. The van der Waals surface area contributed by atoms with Gasteiger partial charge in [0.2, 0.25) is 11.8 Å². The van der Waals surface area contributed by atoms with Gasteiger partial charge in [-0.15, -0.1) is 11.3 Å². The highest BCUT2D eigenvalue weighted by Gasteiger charge is 2.13. The molecule has 2 amide bonds. The lowest BCUT2D eigenvalue weighted by atomic mass is 10.1. The van der Waals surface area contributed by atoms with Crippen molar-refractivity contribution >= 4 is 34.5 Å². The maximum atomic E-state index is 12.2. The van der Waals surface area contributed by atoms with Crippen molar-refractivity contribution in [2.24, 2.45) is 0 Å². The lowest BCUT2D eigenvalue weighted by Crippen LogP contribution is -2.12. The van der Waals surface area contributed by atoms with Crippen molar-refractivity contribution in [1.82, 2.24) is 0 Å². The van der Waals surface area contributed by atoms with E-state index in [1.807, 2.05) is 29.5 Å². The molecule has 3 rings (SSSR count). The van der Waals surface area contributed by atoms with Gasteiger partial charge in [0, 0.05) is 34.0 Å². The average Bonchev–Trinajstić information content (AvgIpc) is 2.76. The number of fused-ring (bicyclic) bond motifs is 1. The van der Waals surface area contributed by atoms with Crippen LogP contribution in [0.4, 0.5) is 11.4 Å². The topological polar surface area (TPSA) is 58.2 Å². The Labute approximate surface area is 152 Å². The highest BCUT2D eigenvalue weighted by atomic mass is 32.1. The van der Waals surface area contributed by atoms with E-state index in [0.717, 1.165) is 42.6 Å². The van der Waals surface area contributed by atoms with Crippen LogP contribution >= 0.6 is 11.3 Å². The minimum Gasteiger partial charge on any atom is -0.326 e. The molecule has 132 valence electrons. The first kappa shape index (κ1) is 17.7. The fourth-order valence-electron chi connectivity index (χ4n) is 3.25. The van der Waals surface area contributed by atoms with Crippen molar-refractivity contribution in [3.63, 3.8) is 0 Å². The van der Waals surface area contributed by atoms with Gasteiger partial charge in [0.1, 0.15) is 0 Å². The second-order valence-corrected chi connectivity index (χ2v) is 8.07. The van der Waals surface area contributed by atoms with E-state index < -0.39 is 0 Å². The van der Waals surface area contributed by atoms with Crippen LogP contribution in [-0.2, 0) is 22.4 Å². The molecular formula is C20H24N2O2S. The molecule has 0 atom stereocenters. The summed E-state index contributed by atoms with van der Waals surface area (Å²) in [6, 6.07) is 7.93. The van der Waals surface area contributed by atoms with E-state index in [9.17, 15) is 9.59 Å². The number of rotatable bonds is 5. The van der Waals surface area contributed by atoms with E-state index in [1.165, 1.54) is 15.3 Å². The number of carbonyl (C=O) groups is 2. The van der Waals surface area contributed by atoms with Crippen molar-refractivity contribution in [3.05, 3.63) is 45.1 Å². The summed E-state index contributed by atoms with van der Waals surface area (Å²) in [4.78, 5) is 26.5. The minimum atomic E-state index is 0.0437. The first-order chi connectivity index (χ1) is 12.0. The first-order valence-corrected chi connectivity index (χ1v) is 9.61. The Morgan fingerprint density at radius 1 is 1.24 bits per heavy atom. The number of nitrogens with one attached hydrogen (secondary N) is 2. The number of benzene rings is 1. The second kappa shape index (κ2) is 7.83. The fourth-order valence-corrected chi connectivity index (χ4v) is 4.22. The lowest BCUT2D eigenvalue weighted by Gasteiger charge is -2.10. The predicted octanol–water partition coefficient (Wildman–Crippen LogP) is 4.60. The van der Waals surface area contributed by atoms with Gasteiger partial charge in [-0.2, -0.15) is 0 Å². The number of amides is 2. The molecule has 0 saturated heterocycles. The number of hydrogen-bond donors (Lipinski definition) is 2. The normalized spacial score (nSPS) is 13.8. The molecule has 1 aromatic carbocycles. The van der Waals surface area contributed by atoms with Crippen molar-refractivity contribution in [3.8, 4) is 0 Å². The Bertz CT molecular complexity index is 795. The van der Waals surface area contributed by atoms with Gasteiger partial charge in [-0.1, -0.05) is 0 Å². The van der Waals surface area contributed by atoms with Gasteiger partial charge >= 0.3 is 0 Å². The molecule has 0 spiro atoms. The monoisotopic (exact) mass is 356 g/mol. The van der Waals surface area contributed by atoms with E-state index in [1.54, 1.807) is 0 Å². The largest absolute Gasteiger partial charge is 0.326 e. The number of thiophene rings is 1. The molecule has 0 fully saturated rings. The van der Waals surface area contributed by atoms with Crippen molar-refractivity contribution in [1.29, 1.82) is 0 Å². The average molecular weight is 356 g/mol. The highest BCUT2D eigenvalue weighted by molar-refractivity contribution is 7.12. The molecule has 5 heteroatoms. The van der Waals surface area contributed by atoms with E-state index in [2.05, 4.69) is 30.5 Å². The van der Waals surface area contributed by atoms with Crippen LogP contribution in [0.5, 0.6) is 0 Å². The number of carbonyl (C=O) groups excluding carboxylic acids is 2. The Morgan fingerprint density at radius 3 is 2.84 bits per heavy atom. The van der Waals surface area contributed by atoms with Crippen molar-refractivity contribution in [2.75, 3.05) is 10.6 Å². The molecule has 1 aliphatic rings. The summed E-state index contributed by atoms with van der Waals surface area (Å²) in [6.45, 7) is 4.26. The van der Waals surface area contributed by atoms with E-state index in [-0.39, 0.29) is 11.8 Å². The summed E-state index contributed by atoms with van der Waals surface area (Å²) >= 11 is 1.82. The third kappa shape index (κ3) is 4.69. The molecule has 2 N–H and O–H groups in total. The first-order valence-electron chi connectivity index (χ1n) is 8.80. The highest BCUT2D eigenvalue weighted by Crippen LogP contribution is 2.26. The third-order valence-corrected chi connectivity index (χ3v) is 5.51. The molecule has 0 radical (unpaired) electrons. The van der Waals surface area contributed by atoms with Crippen LogP contribution in [-0.4, -0.2) is 11.8 Å². The van der Waals surface area contributed by atoms with Gasteiger partial charge in [0.05, 0.1) is 0 Å². The zero-order valence-corrected chi connectivity index (χ0v) is 15.6. The number of anilines is 2. The summed E-state index contributed by atoms with van der Waals surface area (Å²) in [6.07, 6.45) is 4.56. The second-order valence-electron chi connectivity index (χ2n) is 6.61. The zero-order valence-electron chi connectivity index (χ0n) is 14.8. The van der Waals surface area contributed by atoms with Gasteiger partial charge < -0.3 is 10.6 Å². The molecule has 2 heterocycles. The molecular weight excluding hydrogens is 332 g/mol. The van der Waals surface area contributed by atoms with Crippen LogP contribution in [0.1, 0.15) is 46.6 Å². The third-order valence-electron chi connectivity index (χ3n) is 4.51. The van der Waals surface area contributed by atoms with Crippen LogP contribution in [0.25, 0.3) is 0 Å². The van der Waals surface area contributed by atoms with Crippen LogP contribution < -0.4 is 10.6 Å². The number of aryl methyl sites for hydroxylation is 4. The zero-order chi connectivity index (χ0) is 17.8. The fraction of sp³-hybridized carbons (Fsp3) is 0.400.